The highest BCUT2D eigenvalue weighted by molar-refractivity contribution is 5.56. The zero-order valence-electron chi connectivity index (χ0n) is 10.3. The molecule has 5 nitrogen and oxygen atoms in total. The molecule has 0 bridgehead atoms. The van der Waals surface area contributed by atoms with Gasteiger partial charge in [-0.1, -0.05) is 23.3 Å². The van der Waals surface area contributed by atoms with Gasteiger partial charge in [0.1, 0.15) is 0 Å². The topological polar surface area (TPSA) is 63.0 Å². The van der Waals surface area contributed by atoms with Crippen molar-refractivity contribution in [3.63, 3.8) is 0 Å². The van der Waals surface area contributed by atoms with Crippen LogP contribution in [0.25, 0.3) is 0 Å². The Balaban J connectivity index is 1.75. The molecule has 1 atom stereocenters. The molecule has 5 heteroatoms. The van der Waals surface area contributed by atoms with Crippen molar-refractivity contribution in [1.82, 2.24) is 15.5 Å². The minimum absolute atomic E-state index is 0.213. The lowest BCUT2D eigenvalue weighted by Crippen LogP contribution is -2.12. The number of hydrogen-bond acceptors (Lipinski definition) is 5. The van der Waals surface area contributed by atoms with Crippen LogP contribution in [0.3, 0.4) is 0 Å². The molecular formula is C13H16N4O. The van der Waals surface area contributed by atoms with E-state index in [9.17, 15) is 0 Å². The fourth-order valence-corrected chi connectivity index (χ4v) is 2.15. The maximum absolute atomic E-state index is 5.63. The first-order chi connectivity index (χ1) is 8.83. The fourth-order valence-electron chi connectivity index (χ4n) is 2.15. The summed E-state index contributed by atoms with van der Waals surface area (Å²) in [6.45, 7) is 3.06. The number of anilines is 2. The zero-order chi connectivity index (χ0) is 12.4. The van der Waals surface area contributed by atoms with Crippen molar-refractivity contribution < 1.29 is 4.42 Å². The van der Waals surface area contributed by atoms with Gasteiger partial charge in [-0.05, 0) is 37.9 Å². The van der Waals surface area contributed by atoms with Crippen LogP contribution in [0.5, 0.6) is 0 Å². The van der Waals surface area contributed by atoms with Crippen molar-refractivity contribution in [3.8, 4) is 0 Å². The van der Waals surface area contributed by atoms with Crippen LogP contribution < -0.4 is 10.6 Å². The van der Waals surface area contributed by atoms with Gasteiger partial charge in [0.15, 0.2) is 0 Å². The summed E-state index contributed by atoms with van der Waals surface area (Å²) in [6.07, 6.45) is 2.22. The molecule has 0 spiro atoms. The lowest BCUT2D eigenvalue weighted by atomic mass is 10.2. The Kier molecular flexibility index (Phi) is 2.98. The van der Waals surface area contributed by atoms with Crippen molar-refractivity contribution in [2.24, 2.45) is 0 Å². The molecule has 0 unspecified atom stereocenters. The van der Waals surface area contributed by atoms with E-state index >= 15 is 0 Å². The summed E-state index contributed by atoms with van der Waals surface area (Å²) in [4.78, 5) is 0. The van der Waals surface area contributed by atoms with Crippen LogP contribution in [-0.2, 0) is 0 Å². The summed E-state index contributed by atoms with van der Waals surface area (Å²) >= 11 is 0. The first-order valence-corrected chi connectivity index (χ1v) is 6.22. The zero-order valence-corrected chi connectivity index (χ0v) is 10.3. The maximum Gasteiger partial charge on any atom is 0.320 e. The fraction of sp³-hybridized carbons (Fsp3) is 0.385. The molecular weight excluding hydrogens is 228 g/mol. The van der Waals surface area contributed by atoms with E-state index in [0.717, 1.165) is 30.6 Å². The van der Waals surface area contributed by atoms with E-state index in [1.165, 1.54) is 0 Å². The van der Waals surface area contributed by atoms with Crippen molar-refractivity contribution in [3.05, 3.63) is 35.7 Å². The van der Waals surface area contributed by atoms with Gasteiger partial charge in [-0.25, -0.2) is 0 Å². The third-order valence-electron chi connectivity index (χ3n) is 3.19. The van der Waals surface area contributed by atoms with Gasteiger partial charge < -0.3 is 15.1 Å². The SMILES string of the molecule is Cc1ccccc1Nc1nnc([C@@H]2CCCN2)o1. The lowest BCUT2D eigenvalue weighted by Gasteiger charge is -2.05. The summed E-state index contributed by atoms with van der Waals surface area (Å²) < 4.78 is 5.63. The van der Waals surface area contributed by atoms with Gasteiger partial charge in [0, 0.05) is 5.69 Å². The first kappa shape index (κ1) is 11.2. The lowest BCUT2D eigenvalue weighted by molar-refractivity contribution is 0.439. The van der Waals surface area contributed by atoms with Crippen LogP contribution in [0.1, 0.15) is 30.3 Å². The van der Waals surface area contributed by atoms with E-state index in [2.05, 4.69) is 20.8 Å². The molecule has 0 radical (unpaired) electrons. The number of aryl methyl sites for hydroxylation is 1. The van der Waals surface area contributed by atoms with Crippen LogP contribution in [-0.4, -0.2) is 16.7 Å². The van der Waals surface area contributed by atoms with Crippen LogP contribution in [0.2, 0.25) is 0 Å². The van der Waals surface area contributed by atoms with E-state index in [1.807, 2.05) is 31.2 Å². The van der Waals surface area contributed by atoms with Crippen molar-refractivity contribution in [2.75, 3.05) is 11.9 Å². The number of benzene rings is 1. The molecule has 1 saturated heterocycles. The van der Waals surface area contributed by atoms with E-state index < -0.39 is 0 Å². The van der Waals surface area contributed by atoms with E-state index in [1.54, 1.807) is 0 Å². The molecule has 1 aromatic heterocycles. The van der Waals surface area contributed by atoms with Crippen molar-refractivity contribution in [1.29, 1.82) is 0 Å². The summed E-state index contributed by atoms with van der Waals surface area (Å²) in [5, 5.41) is 14.6. The van der Waals surface area contributed by atoms with Gasteiger partial charge in [-0.2, -0.15) is 0 Å². The van der Waals surface area contributed by atoms with E-state index in [4.69, 9.17) is 4.42 Å². The summed E-state index contributed by atoms with van der Waals surface area (Å²) in [6, 6.07) is 8.68. The minimum Gasteiger partial charge on any atom is -0.406 e. The highest BCUT2D eigenvalue weighted by Gasteiger charge is 2.22. The Labute approximate surface area is 106 Å². The molecule has 1 aromatic carbocycles. The normalized spacial score (nSPS) is 19.1. The predicted octanol–water partition coefficient (Wildman–Crippen LogP) is 2.55. The molecule has 0 saturated carbocycles. The summed E-state index contributed by atoms with van der Waals surface area (Å²) in [5.41, 5.74) is 2.14. The Morgan fingerprint density at radius 2 is 2.22 bits per heavy atom. The van der Waals surface area contributed by atoms with Gasteiger partial charge in [0.05, 0.1) is 6.04 Å². The monoisotopic (exact) mass is 244 g/mol. The average molecular weight is 244 g/mol. The van der Waals surface area contributed by atoms with Crippen LogP contribution in [0.4, 0.5) is 11.7 Å². The number of para-hydroxylation sites is 1. The van der Waals surface area contributed by atoms with Crippen LogP contribution in [0.15, 0.2) is 28.7 Å². The average Bonchev–Trinajstić information content (AvgIpc) is 3.02. The largest absolute Gasteiger partial charge is 0.406 e. The number of rotatable bonds is 3. The van der Waals surface area contributed by atoms with Gasteiger partial charge in [-0.3, -0.25) is 0 Å². The van der Waals surface area contributed by atoms with Crippen molar-refractivity contribution in [2.45, 2.75) is 25.8 Å². The molecule has 2 aromatic rings. The van der Waals surface area contributed by atoms with Crippen LogP contribution >= 0.6 is 0 Å². The molecule has 0 amide bonds. The molecule has 18 heavy (non-hydrogen) atoms. The van der Waals surface area contributed by atoms with E-state index in [-0.39, 0.29) is 6.04 Å². The van der Waals surface area contributed by atoms with Crippen LogP contribution in [0, 0.1) is 6.92 Å². The third kappa shape index (κ3) is 2.22. The predicted molar refractivity (Wildman–Crippen MR) is 68.7 cm³/mol. The van der Waals surface area contributed by atoms with Gasteiger partial charge in [0.2, 0.25) is 5.89 Å². The van der Waals surface area contributed by atoms with Crippen molar-refractivity contribution >= 4 is 11.7 Å². The number of nitrogens with zero attached hydrogens (tertiary/aromatic N) is 2. The second kappa shape index (κ2) is 4.78. The molecule has 3 rings (SSSR count). The molecule has 94 valence electrons. The number of hydrogen-bond donors (Lipinski definition) is 2. The standard InChI is InChI=1S/C13H16N4O/c1-9-5-2-3-6-10(9)15-13-17-16-12(18-13)11-7-4-8-14-11/h2-3,5-6,11,14H,4,7-8H2,1H3,(H,15,17)/t11-/m0/s1. The Morgan fingerprint density at radius 1 is 1.33 bits per heavy atom. The Morgan fingerprint density at radius 3 is 3.00 bits per heavy atom. The maximum atomic E-state index is 5.63. The van der Waals surface area contributed by atoms with Gasteiger partial charge in [-0.15, -0.1) is 5.10 Å². The van der Waals surface area contributed by atoms with E-state index in [0.29, 0.717) is 11.9 Å². The van der Waals surface area contributed by atoms with Gasteiger partial charge in [0.25, 0.3) is 0 Å². The third-order valence-corrected chi connectivity index (χ3v) is 3.19. The molecule has 1 aliphatic heterocycles. The number of aromatic nitrogens is 2. The summed E-state index contributed by atoms with van der Waals surface area (Å²) in [5.74, 6) is 0.670. The Bertz CT molecular complexity index is 531. The minimum atomic E-state index is 0.213. The smallest absolute Gasteiger partial charge is 0.320 e. The number of nitrogens with one attached hydrogen (secondary N) is 2. The second-order valence-electron chi connectivity index (χ2n) is 4.53. The summed E-state index contributed by atoms with van der Waals surface area (Å²) in [7, 11) is 0. The quantitative estimate of drug-likeness (QED) is 0.868. The molecule has 2 N–H and O–H groups in total. The molecule has 1 aliphatic rings. The molecule has 2 heterocycles. The highest BCUT2D eigenvalue weighted by atomic mass is 16.4. The molecule has 1 fully saturated rings. The first-order valence-electron chi connectivity index (χ1n) is 6.22. The Hall–Kier alpha value is -1.88. The molecule has 0 aliphatic carbocycles. The van der Waals surface area contributed by atoms with Gasteiger partial charge >= 0.3 is 6.01 Å². The highest BCUT2D eigenvalue weighted by Crippen LogP contribution is 2.25. The second-order valence-corrected chi connectivity index (χ2v) is 4.53.